The number of halogens is 1. The summed E-state index contributed by atoms with van der Waals surface area (Å²) in [5, 5.41) is 3.46. The molecular formula is C11H15BrN2. The van der Waals surface area contributed by atoms with Crippen LogP contribution in [0.3, 0.4) is 0 Å². The zero-order chi connectivity index (χ0) is 10.1. The maximum absolute atomic E-state index is 3.61. The van der Waals surface area contributed by atoms with E-state index in [4.69, 9.17) is 0 Å². The molecule has 2 rings (SSSR count). The van der Waals surface area contributed by atoms with Crippen molar-refractivity contribution in [2.75, 3.05) is 30.4 Å². The molecule has 1 aliphatic heterocycles. The molecule has 1 aromatic carbocycles. The predicted octanol–water partition coefficient (Wildman–Crippen LogP) is 3.01. The van der Waals surface area contributed by atoms with Gasteiger partial charge in [0, 0.05) is 24.6 Å². The fourth-order valence-corrected chi connectivity index (χ4v) is 2.55. The lowest BCUT2D eigenvalue weighted by Gasteiger charge is -2.20. The summed E-state index contributed by atoms with van der Waals surface area (Å²) >= 11 is 3.61. The maximum Gasteiger partial charge on any atom is 0.0722 e. The quantitative estimate of drug-likeness (QED) is 0.766. The molecule has 0 fully saturated rings. The van der Waals surface area contributed by atoms with Gasteiger partial charge in [-0.05, 0) is 47.0 Å². The van der Waals surface area contributed by atoms with Gasteiger partial charge in [0.2, 0.25) is 0 Å². The van der Waals surface area contributed by atoms with E-state index in [0.717, 1.165) is 13.1 Å². The molecule has 0 bridgehead atoms. The highest BCUT2D eigenvalue weighted by Crippen LogP contribution is 2.35. The first-order valence-electron chi connectivity index (χ1n) is 4.93. The second-order valence-corrected chi connectivity index (χ2v) is 4.70. The van der Waals surface area contributed by atoms with Gasteiger partial charge < -0.3 is 10.2 Å². The smallest absolute Gasteiger partial charge is 0.0722 e. The molecule has 0 radical (unpaired) electrons. The zero-order valence-corrected chi connectivity index (χ0v) is 10.2. The van der Waals surface area contributed by atoms with Gasteiger partial charge in [-0.2, -0.15) is 0 Å². The second-order valence-electron chi connectivity index (χ2n) is 3.84. The van der Waals surface area contributed by atoms with Crippen molar-refractivity contribution in [1.29, 1.82) is 0 Å². The van der Waals surface area contributed by atoms with Gasteiger partial charge in [0.25, 0.3) is 0 Å². The molecule has 2 nitrogen and oxygen atoms in total. The first-order valence-corrected chi connectivity index (χ1v) is 5.73. The Kier molecular flexibility index (Phi) is 2.68. The fourth-order valence-electron chi connectivity index (χ4n) is 1.85. The van der Waals surface area contributed by atoms with Crippen LogP contribution in [0.2, 0.25) is 0 Å². The Morgan fingerprint density at radius 1 is 1.43 bits per heavy atom. The summed E-state index contributed by atoms with van der Waals surface area (Å²) in [4.78, 5) is 2.31. The molecule has 76 valence electrons. The minimum Gasteiger partial charge on any atom is -0.382 e. The number of aryl methyl sites for hydroxylation is 1. The van der Waals surface area contributed by atoms with Crippen LogP contribution in [-0.2, 0) is 0 Å². The Hall–Kier alpha value is -0.700. The molecule has 1 aliphatic rings. The number of nitrogens with one attached hydrogen (secondary N) is 1. The fraction of sp³-hybridized carbons (Fsp3) is 0.455. The van der Waals surface area contributed by atoms with Gasteiger partial charge in [-0.15, -0.1) is 0 Å². The van der Waals surface area contributed by atoms with E-state index in [9.17, 15) is 0 Å². The maximum atomic E-state index is 3.61. The van der Waals surface area contributed by atoms with Gasteiger partial charge in [0.15, 0.2) is 0 Å². The lowest BCUT2D eigenvalue weighted by atomic mass is 10.2. The minimum atomic E-state index is 1.05. The van der Waals surface area contributed by atoms with Crippen molar-refractivity contribution >= 4 is 27.3 Å². The lowest BCUT2D eigenvalue weighted by molar-refractivity contribution is 0.837. The molecule has 0 aromatic heterocycles. The van der Waals surface area contributed by atoms with Gasteiger partial charge in [0.05, 0.1) is 11.4 Å². The third-order valence-corrected chi connectivity index (χ3v) is 3.22. The van der Waals surface area contributed by atoms with Crippen LogP contribution in [0.5, 0.6) is 0 Å². The molecule has 1 heterocycles. The molecule has 1 aromatic rings. The summed E-state index contributed by atoms with van der Waals surface area (Å²) in [6.07, 6.45) is 1.19. The molecular weight excluding hydrogens is 240 g/mol. The third-order valence-electron chi connectivity index (χ3n) is 2.60. The Morgan fingerprint density at radius 3 is 3.00 bits per heavy atom. The van der Waals surface area contributed by atoms with Crippen molar-refractivity contribution in [2.24, 2.45) is 0 Å². The molecule has 0 atom stereocenters. The van der Waals surface area contributed by atoms with Gasteiger partial charge >= 0.3 is 0 Å². The molecule has 3 heteroatoms. The van der Waals surface area contributed by atoms with Crippen LogP contribution in [0.1, 0.15) is 12.0 Å². The highest BCUT2D eigenvalue weighted by molar-refractivity contribution is 9.10. The van der Waals surface area contributed by atoms with E-state index in [0.29, 0.717) is 0 Å². The molecule has 0 aliphatic carbocycles. The Labute approximate surface area is 93.4 Å². The number of rotatable bonds is 0. The van der Waals surface area contributed by atoms with Crippen molar-refractivity contribution in [3.63, 3.8) is 0 Å². The summed E-state index contributed by atoms with van der Waals surface area (Å²) in [5.74, 6) is 0. The molecule has 0 saturated carbocycles. The number of hydrogen-bond acceptors (Lipinski definition) is 2. The van der Waals surface area contributed by atoms with Crippen LogP contribution in [0.25, 0.3) is 0 Å². The standard InChI is InChI=1S/C11H15BrN2/c1-8-6-9(12)11-10(7-8)14(2)5-3-4-13-11/h6-7,13H,3-5H2,1-2H3. The summed E-state index contributed by atoms with van der Waals surface area (Å²) in [7, 11) is 2.15. The van der Waals surface area contributed by atoms with Gasteiger partial charge in [0.1, 0.15) is 0 Å². The summed E-state index contributed by atoms with van der Waals surface area (Å²) in [6, 6.07) is 4.39. The Bertz CT molecular complexity index is 349. The SMILES string of the molecule is Cc1cc(Br)c2c(c1)N(C)CCCN2. The van der Waals surface area contributed by atoms with Crippen molar-refractivity contribution in [2.45, 2.75) is 13.3 Å². The highest BCUT2D eigenvalue weighted by Gasteiger charge is 2.14. The first-order chi connectivity index (χ1) is 6.68. The zero-order valence-electron chi connectivity index (χ0n) is 8.60. The van der Waals surface area contributed by atoms with E-state index >= 15 is 0 Å². The van der Waals surface area contributed by atoms with Crippen molar-refractivity contribution in [3.8, 4) is 0 Å². The molecule has 0 saturated heterocycles. The van der Waals surface area contributed by atoms with Gasteiger partial charge in [-0.3, -0.25) is 0 Å². The van der Waals surface area contributed by atoms with E-state index in [1.165, 1.54) is 27.8 Å². The molecule has 0 unspecified atom stereocenters. The predicted molar refractivity (Wildman–Crippen MR) is 65.3 cm³/mol. The van der Waals surface area contributed by atoms with Crippen LogP contribution in [0.15, 0.2) is 16.6 Å². The summed E-state index contributed by atoms with van der Waals surface area (Å²) in [5.41, 5.74) is 3.83. The van der Waals surface area contributed by atoms with E-state index < -0.39 is 0 Å². The molecule has 0 amide bonds. The topological polar surface area (TPSA) is 15.3 Å². The Balaban J connectivity index is 2.53. The van der Waals surface area contributed by atoms with Crippen molar-refractivity contribution < 1.29 is 0 Å². The van der Waals surface area contributed by atoms with E-state index in [1.807, 2.05) is 0 Å². The lowest BCUT2D eigenvalue weighted by Crippen LogP contribution is -2.17. The minimum absolute atomic E-state index is 1.05. The first kappa shape index (κ1) is 9.84. The number of nitrogens with zero attached hydrogens (tertiary/aromatic N) is 1. The highest BCUT2D eigenvalue weighted by atomic mass is 79.9. The van der Waals surface area contributed by atoms with Crippen molar-refractivity contribution in [3.05, 3.63) is 22.2 Å². The average Bonchev–Trinajstić information content (AvgIpc) is 2.29. The molecule has 0 spiro atoms. The van der Waals surface area contributed by atoms with E-state index in [-0.39, 0.29) is 0 Å². The number of hydrogen-bond donors (Lipinski definition) is 1. The van der Waals surface area contributed by atoms with E-state index in [1.54, 1.807) is 0 Å². The Morgan fingerprint density at radius 2 is 2.21 bits per heavy atom. The van der Waals surface area contributed by atoms with Gasteiger partial charge in [-0.25, -0.2) is 0 Å². The molecule has 1 N–H and O–H groups in total. The number of anilines is 2. The third kappa shape index (κ3) is 1.73. The second kappa shape index (κ2) is 3.81. The summed E-state index contributed by atoms with van der Waals surface area (Å²) < 4.78 is 1.17. The normalized spacial score (nSPS) is 15.8. The van der Waals surface area contributed by atoms with Gasteiger partial charge in [-0.1, -0.05) is 0 Å². The largest absolute Gasteiger partial charge is 0.382 e. The number of fused-ring (bicyclic) bond motifs is 1. The summed E-state index contributed by atoms with van der Waals surface area (Å²) in [6.45, 7) is 4.30. The van der Waals surface area contributed by atoms with Crippen LogP contribution < -0.4 is 10.2 Å². The van der Waals surface area contributed by atoms with Crippen molar-refractivity contribution in [1.82, 2.24) is 0 Å². The van der Waals surface area contributed by atoms with Crippen LogP contribution in [-0.4, -0.2) is 20.1 Å². The average molecular weight is 255 g/mol. The molecule has 14 heavy (non-hydrogen) atoms. The van der Waals surface area contributed by atoms with Crippen LogP contribution in [0.4, 0.5) is 11.4 Å². The van der Waals surface area contributed by atoms with E-state index in [2.05, 4.69) is 52.3 Å². The van der Waals surface area contributed by atoms with Crippen LogP contribution in [0, 0.1) is 6.92 Å². The number of benzene rings is 1. The van der Waals surface area contributed by atoms with Crippen LogP contribution >= 0.6 is 15.9 Å². The monoisotopic (exact) mass is 254 g/mol.